The number of nitrogens with zero attached hydrogens (tertiary/aromatic N) is 1. The quantitative estimate of drug-likeness (QED) is 0.723. The van der Waals surface area contributed by atoms with Crippen LogP contribution in [0.15, 0.2) is 12.1 Å². The largest absolute Gasteiger partial charge is 0.384 e. The molecule has 6 heteroatoms. The number of nitrogens with one attached hydrogen (secondary N) is 2. The van der Waals surface area contributed by atoms with E-state index in [1.807, 2.05) is 6.92 Å². The van der Waals surface area contributed by atoms with Crippen LogP contribution in [0.1, 0.15) is 35.8 Å². The summed E-state index contributed by atoms with van der Waals surface area (Å²) >= 11 is 0. The Morgan fingerprint density at radius 1 is 1.58 bits per heavy atom. The van der Waals surface area contributed by atoms with Gasteiger partial charge in [0, 0.05) is 24.2 Å². The van der Waals surface area contributed by atoms with Gasteiger partial charge in [0.05, 0.1) is 6.04 Å². The number of hydrogen-bond acceptors (Lipinski definition) is 4. The molecule has 102 valence electrons. The average molecular weight is 262 g/mol. The maximum atomic E-state index is 12.1. The molecule has 4 N–H and O–H groups in total. The van der Waals surface area contributed by atoms with E-state index in [0.29, 0.717) is 24.3 Å². The first-order valence-corrected chi connectivity index (χ1v) is 6.42. The standard InChI is InChI=1S/C13H18N4O2/c1-2-3-9-4-8(5-11(14)16-9)13(19)17-10-6-12(18)15-7-10/h4-5,10H,2-3,6-7H2,1H3,(H2,14,16)(H,15,18)(H,17,19). The lowest BCUT2D eigenvalue weighted by molar-refractivity contribution is -0.119. The van der Waals surface area contributed by atoms with Crippen LogP contribution in [0, 0.1) is 0 Å². The van der Waals surface area contributed by atoms with E-state index in [0.717, 1.165) is 18.5 Å². The van der Waals surface area contributed by atoms with Gasteiger partial charge in [-0.3, -0.25) is 9.59 Å². The van der Waals surface area contributed by atoms with E-state index >= 15 is 0 Å². The fraction of sp³-hybridized carbons (Fsp3) is 0.462. The summed E-state index contributed by atoms with van der Waals surface area (Å²) in [6.07, 6.45) is 2.06. The number of anilines is 1. The number of aromatic nitrogens is 1. The predicted molar refractivity (Wildman–Crippen MR) is 71.5 cm³/mol. The van der Waals surface area contributed by atoms with E-state index < -0.39 is 0 Å². The van der Waals surface area contributed by atoms with Crippen LogP contribution < -0.4 is 16.4 Å². The monoisotopic (exact) mass is 262 g/mol. The molecule has 1 saturated heterocycles. The molecule has 0 radical (unpaired) electrons. The van der Waals surface area contributed by atoms with E-state index in [4.69, 9.17) is 5.73 Å². The Morgan fingerprint density at radius 2 is 2.37 bits per heavy atom. The number of pyridine rings is 1. The zero-order valence-corrected chi connectivity index (χ0v) is 10.9. The highest BCUT2D eigenvalue weighted by atomic mass is 16.2. The summed E-state index contributed by atoms with van der Waals surface area (Å²) in [7, 11) is 0. The average Bonchev–Trinajstić information content (AvgIpc) is 2.74. The Balaban J connectivity index is 2.07. The minimum absolute atomic E-state index is 0.0359. The lowest BCUT2D eigenvalue weighted by Crippen LogP contribution is -2.36. The van der Waals surface area contributed by atoms with E-state index in [9.17, 15) is 9.59 Å². The van der Waals surface area contributed by atoms with Crippen LogP contribution >= 0.6 is 0 Å². The van der Waals surface area contributed by atoms with E-state index in [2.05, 4.69) is 15.6 Å². The number of carbonyl (C=O) groups is 2. The van der Waals surface area contributed by atoms with Crippen LogP contribution in [0.3, 0.4) is 0 Å². The molecule has 1 aliphatic rings. The van der Waals surface area contributed by atoms with Gasteiger partial charge in [-0.15, -0.1) is 0 Å². The summed E-state index contributed by atoms with van der Waals surface area (Å²) in [6.45, 7) is 2.52. The lowest BCUT2D eigenvalue weighted by atomic mass is 10.1. The van der Waals surface area contributed by atoms with Crippen molar-refractivity contribution in [2.24, 2.45) is 0 Å². The third-order valence-corrected chi connectivity index (χ3v) is 2.98. The lowest BCUT2D eigenvalue weighted by Gasteiger charge is -2.11. The molecule has 0 spiro atoms. The molecule has 2 rings (SSSR count). The SMILES string of the molecule is CCCc1cc(C(=O)NC2CNC(=O)C2)cc(N)n1. The number of nitrogens with two attached hydrogens (primary N) is 1. The fourth-order valence-electron chi connectivity index (χ4n) is 2.10. The highest BCUT2D eigenvalue weighted by molar-refractivity contribution is 5.95. The Labute approximate surface area is 111 Å². The smallest absolute Gasteiger partial charge is 0.251 e. The molecule has 1 atom stereocenters. The number of carbonyl (C=O) groups excluding carboxylic acids is 2. The molecule has 1 aromatic rings. The zero-order valence-electron chi connectivity index (χ0n) is 10.9. The molecule has 0 aromatic carbocycles. The van der Waals surface area contributed by atoms with Crippen molar-refractivity contribution in [1.29, 1.82) is 0 Å². The molecule has 2 heterocycles. The normalized spacial score (nSPS) is 18.2. The van der Waals surface area contributed by atoms with E-state index in [-0.39, 0.29) is 17.9 Å². The summed E-state index contributed by atoms with van der Waals surface area (Å²) in [6, 6.07) is 3.15. The van der Waals surface area contributed by atoms with E-state index in [1.165, 1.54) is 0 Å². The first kappa shape index (κ1) is 13.3. The van der Waals surface area contributed by atoms with Crippen LogP contribution in [0.2, 0.25) is 0 Å². The molecule has 1 unspecified atom stereocenters. The minimum Gasteiger partial charge on any atom is -0.384 e. The van der Waals surface area contributed by atoms with Crippen LogP contribution in [0.4, 0.5) is 5.82 Å². The molecular formula is C13H18N4O2. The number of hydrogen-bond donors (Lipinski definition) is 3. The summed E-state index contributed by atoms with van der Waals surface area (Å²) < 4.78 is 0. The summed E-state index contributed by atoms with van der Waals surface area (Å²) in [5.74, 6) is 0.0934. The second-order valence-corrected chi connectivity index (χ2v) is 4.70. The minimum atomic E-state index is -0.215. The second kappa shape index (κ2) is 5.69. The highest BCUT2D eigenvalue weighted by Crippen LogP contribution is 2.10. The van der Waals surface area contributed by atoms with Crippen LogP contribution in [-0.4, -0.2) is 29.4 Å². The van der Waals surface area contributed by atoms with Crippen molar-refractivity contribution in [3.8, 4) is 0 Å². The Bertz CT molecular complexity index is 501. The number of rotatable bonds is 4. The van der Waals surface area contributed by atoms with Gasteiger partial charge in [0.1, 0.15) is 5.82 Å². The zero-order chi connectivity index (χ0) is 13.8. The third-order valence-electron chi connectivity index (χ3n) is 2.98. The number of amides is 2. The molecule has 6 nitrogen and oxygen atoms in total. The van der Waals surface area contributed by atoms with Gasteiger partial charge in [-0.25, -0.2) is 4.98 Å². The van der Waals surface area contributed by atoms with Crippen molar-refractivity contribution in [2.45, 2.75) is 32.2 Å². The van der Waals surface area contributed by atoms with Gasteiger partial charge < -0.3 is 16.4 Å². The molecule has 1 aromatic heterocycles. The third kappa shape index (κ3) is 3.43. The van der Waals surface area contributed by atoms with Gasteiger partial charge in [0.15, 0.2) is 0 Å². The van der Waals surface area contributed by atoms with Crippen molar-refractivity contribution in [1.82, 2.24) is 15.6 Å². The number of aryl methyl sites for hydroxylation is 1. The predicted octanol–water partition coefficient (Wildman–Crippen LogP) is 0.235. The Morgan fingerprint density at radius 3 is 3.00 bits per heavy atom. The van der Waals surface area contributed by atoms with Crippen molar-refractivity contribution in [3.05, 3.63) is 23.4 Å². The summed E-state index contributed by atoms with van der Waals surface area (Å²) in [4.78, 5) is 27.3. The van der Waals surface area contributed by atoms with Gasteiger partial charge >= 0.3 is 0 Å². The number of nitrogen functional groups attached to an aromatic ring is 1. The molecule has 0 bridgehead atoms. The Kier molecular flexibility index (Phi) is 3.99. The molecule has 0 saturated carbocycles. The van der Waals surface area contributed by atoms with Crippen molar-refractivity contribution in [2.75, 3.05) is 12.3 Å². The molecule has 1 fully saturated rings. The van der Waals surface area contributed by atoms with Gasteiger partial charge in [-0.05, 0) is 18.6 Å². The van der Waals surface area contributed by atoms with E-state index in [1.54, 1.807) is 12.1 Å². The van der Waals surface area contributed by atoms with Crippen LogP contribution in [0.5, 0.6) is 0 Å². The summed E-state index contributed by atoms with van der Waals surface area (Å²) in [5, 5.41) is 5.50. The van der Waals surface area contributed by atoms with Crippen molar-refractivity contribution < 1.29 is 9.59 Å². The topological polar surface area (TPSA) is 97.1 Å². The van der Waals surface area contributed by atoms with Crippen LogP contribution in [-0.2, 0) is 11.2 Å². The fourth-order valence-corrected chi connectivity index (χ4v) is 2.10. The first-order chi connectivity index (χ1) is 9.08. The van der Waals surface area contributed by atoms with Gasteiger partial charge in [-0.2, -0.15) is 0 Å². The van der Waals surface area contributed by atoms with Gasteiger partial charge in [0.25, 0.3) is 5.91 Å². The molecule has 1 aliphatic heterocycles. The summed E-state index contributed by atoms with van der Waals surface area (Å²) in [5.41, 5.74) is 7.01. The highest BCUT2D eigenvalue weighted by Gasteiger charge is 2.23. The van der Waals surface area contributed by atoms with Crippen molar-refractivity contribution >= 4 is 17.6 Å². The van der Waals surface area contributed by atoms with Gasteiger partial charge in [0.2, 0.25) is 5.91 Å². The molecule has 0 aliphatic carbocycles. The maximum absolute atomic E-state index is 12.1. The van der Waals surface area contributed by atoms with Crippen LogP contribution in [0.25, 0.3) is 0 Å². The Hall–Kier alpha value is -2.11. The molecule has 2 amide bonds. The maximum Gasteiger partial charge on any atom is 0.251 e. The van der Waals surface area contributed by atoms with Gasteiger partial charge in [-0.1, -0.05) is 13.3 Å². The second-order valence-electron chi connectivity index (χ2n) is 4.70. The first-order valence-electron chi connectivity index (χ1n) is 6.42. The van der Waals surface area contributed by atoms with Crippen molar-refractivity contribution in [3.63, 3.8) is 0 Å². The molecule has 19 heavy (non-hydrogen) atoms. The molecular weight excluding hydrogens is 244 g/mol.